The van der Waals surface area contributed by atoms with Gasteiger partial charge >= 0.3 is 0 Å². The predicted octanol–water partition coefficient (Wildman–Crippen LogP) is 3.76. The zero-order chi connectivity index (χ0) is 14.1. The molecule has 2 nitrogen and oxygen atoms in total. The van der Waals surface area contributed by atoms with Crippen LogP contribution in [0.5, 0.6) is 0 Å². The first-order valence-corrected chi connectivity index (χ1v) is 6.92. The molecule has 20 heavy (non-hydrogen) atoms. The van der Waals surface area contributed by atoms with Crippen LogP contribution in [0.1, 0.15) is 38.2 Å². The normalized spacial score (nSPS) is 13.3. The Morgan fingerprint density at radius 2 is 1.85 bits per heavy atom. The second-order valence-electron chi connectivity index (χ2n) is 5.51. The van der Waals surface area contributed by atoms with Gasteiger partial charge in [-0.1, -0.05) is 35.9 Å². The van der Waals surface area contributed by atoms with Gasteiger partial charge in [0, 0.05) is 12.0 Å². The number of ether oxygens (including phenoxy) is 1. The van der Waals surface area contributed by atoms with Crippen LogP contribution in [0.15, 0.2) is 36.4 Å². The Morgan fingerprint density at radius 1 is 1.05 bits per heavy atom. The molecule has 0 atom stereocenters. The molecule has 0 aromatic heterocycles. The van der Waals surface area contributed by atoms with Crippen molar-refractivity contribution in [2.24, 2.45) is 0 Å². The highest BCUT2D eigenvalue weighted by Crippen LogP contribution is 2.22. The Hall–Kier alpha value is -1.93. The summed E-state index contributed by atoms with van der Waals surface area (Å²) in [7, 11) is 0. The zero-order valence-corrected chi connectivity index (χ0v) is 11.9. The second kappa shape index (κ2) is 5.22. The molecule has 2 aromatic carbocycles. The van der Waals surface area contributed by atoms with Gasteiger partial charge in [-0.05, 0) is 42.2 Å². The third-order valence-corrected chi connectivity index (χ3v) is 3.90. The summed E-state index contributed by atoms with van der Waals surface area (Å²) in [4.78, 5) is 12.4. The number of benzene rings is 2. The standard InChI is InChI=1S/C18H18O2/c1-12-3-4-13(2)16(7-12)9-18(19)14-5-6-15-10-20-11-17(15)8-14/h3-8H,9-11H2,1-2H3. The molecule has 0 amide bonds. The number of aryl methyl sites for hydroxylation is 2. The third kappa shape index (κ3) is 2.52. The highest BCUT2D eigenvalue weighted by molar-refractivity contribution is 5.98. The summed E-state index contributed by atoms with van der Waals surface area (Å²) < 4.78 is 5.39. The van der Waals surface area contributed by atoms with E-state index in [1.165, 1.54) is 16.7 Å². The highest BCUT2D eigenvalue weighted by atomic mass is 16.5. The fourth-order valence-electron chi connectivity index (χ4n) is 2.61. The number of hydrogen-bond donors (Lipinski definition) is 0. The molecule has 1 heterocycles. The Morgan fingerprint density at radius 3 is 2.70 bits per heavy atom. The quantitative estimate of drug-likeness (QED) is 0.791. The summed E-state index contributed by atoms with van der Waals surface area (Å²) in [5, 5.41) is 0. The van der Waals surface area contributed by atoms with Gasteiger partial charge in [0.15, 0.2) is 5.78 Å². The Kier molecular flexibility index (Phi) is 3.41. The maximum atomic E-state index is 12.4. The minimum Gasteiger partial charge on any atom is -0.372 e. The lowest BCUT2D eigenvalue weighted by atomic mass is 9.96. The number of ketones is 1. The van der Waals surface area contributed by atoms with Crippen LogP contribution < -0.4 is 0 Å². The Bertz CT molecular complexity index is 671. The van der Waals surface area contributed by atoms with Gasteiger partial charge in [0.1, 0.15) is 0 Å². The van der Waals surface area contributed by atoms with Gasteiger partial charge in [-0.3, -0.25) is 4.79 Å². The number of hydrogen-bond acceptors (Lipinski definition) is 2. The Labute approximate surface area is 119 Å². The molecule has 3 rings (SSSR count). The van der Waals surface area contributed by atoms with Crippen molar-refractivity contribution < 1.29 is 9.53 Å². The molecule has 0 saturated heterocycles. The lowest BCUT2D eigenvalue weighted by molar-refractivity contribution is 0.0992. The lowest BCUT2D eigenvalue weighted by Gasteiger charge is -2.07. The molecule has 0 fully saturated rings. The Balaban J connectivity index is 1.84. The zero-order valence-electron chi connectivity index (χ0n) is 11.9. The van der Waals surface area contributed by atoms with Crippen molar-refractivity contribution in [3.63, 3.8) is 0 Å². The van der Waals surface area contributed by atoms with Crippen LogP contribution in [0.3, 0.4) is 0 Å². The van der Waals surface area contributed by atoms with E-state index in [1.54, 1.807) is 0 Å². The molecular weight excluding hydrogens is 248 g/mol. The molecule has 0 aliphatic carbocycles. The van der Waals surface area contributed by atoms with Crippen LogP contribution in [0.4, 0.5) is 0 Å². The summed E-state index contributed by atoms with van der Waals surface area (Å²) in [6, 6.07) is 12.2. The van der Waals surface area contributed by atoms with E-state index in [-0.39, 0.29) is 5.78 Å². The van der Waals surface area contributed by atoms with Crippen molar-refractivity contribution >= 4 is 5.78 Å². The van der Waals surface area contributed by atoms with Crippen molar-refractivity contribution in [3.05, 3.63) is 69.8 Å². The molecule has 0 N–H and O–H groups in total. The predicted molar refractivity (Wildman–Crippen MR) is 78.9 cm³/mol. The van der Waals surface area contributed by atoms with Crippen LogP contribution in [0, 0.1) is 13.8 Å². The highest BCUT2D eigenvalue weighted by Gasteiger charge is 2.15. The first-order valence-electron chi connectivity index (χ1n) is 6.92. The molecule has 1 aliphatic heterocycles. The average Bonchev–Trinajstić information content (AvgIpc) is 2.90. The smallest absolute Gasteiger partial charge is 0.167 e. The third-order valence-electron chi connectivity index (χ3n) is 3.90. The summed E-state index contributed by atoms with van der Waals surface area (Å²) in [6.07, 6.45) is 0.465. The number of Topliss-reactive ketones (excluding diaryl/α,β-unsaturated/α-hetero) is 1. The van der Waals surface area contributed by atoms with E-state index >= 15 is 0 Å². The maximum absolute atomic E-state index is 12.4. The second-order valence-corrected chi connectivity index (χ2v) is 5.51. The monoisotopic (exact) mass is 266 g/mol. The summed E-state index contributed by atoms with van der Waals surface area (Å²) in [5.41, 5.74) is 6.63. The van der Waals surface area contributed by atoms with Gasteiger partial charge < -0.3 is 4.74 Å². The van der Waals surface area contributed by atoms with Crippen molar-refractivity contribution in [1.29, 1.82) is 0 Å². The fraction of sp³-hybridized carbons (Fsp3) is 0.278. The average molecular weight is 266 g/mol. The van der Waals surface area contributed by atoms with Crippen molar-refractivity contribution in [1.82, 2.24) is 0 Å². The minimum absolute atomic E-state index is 0.174. The summed E-state index contributed by atoms with van der Waals surface area (Å²) >= 11 is 0. The molecule has 2 heteroatoms. The summed E-state index contributed by atoms with van der Waals surface area (Å²) in [5.74, 6) is 0.174. The van der Waals surface area contributed by atoms with Gasteiger partial charge in [-0.25, -0.2) is 0 Å². The van der Waals surface area contributed by atoms with Gasteiger partial charge in [-0.2, -0.15) is 0 Å². The summed E-state index contributed by atoms with van der Waals surface area (Å²) in [6.45, 7) is 5.40. The molecule has 102 valence electrons. The van der Waals surface area contributed by atoms with E-state index in [4.69, 9.17) is 4.74 Å². The first kappa shape index (κ1) is 13.1. The van der Waals surface area contributed by atoms with E-state index in [1.807, 2.05) is 18.2 Å². The number of rotatable bonds is 3. The van der Waals surface area contributed by atoms with Gasteiger partial charge in [0.25, 0.3) is 0 Å². The number of fused-ring (bicyclic) bond motifs is 1. The van der Waals surface area contributed by atoms with Crippen LogP contribution >= 0.6 is 0 Å². The van der Waals surface area contributed by atoms with Crippen LogP contribution in [0.2, 0.25) is 0 Å². The van der Waals surface area contributed by atoms with Crippen LogP contribution in [-0.2, 0) is 24.4 Å². The lowest BCUT2D eigenvalue weighted by Crippen LogP contribution is -2.06. The molecule has 1 aliphatic rings. The van der Waals surface area contributed by atoms with Crippen molar-refractivity contribution in [3.8, 4) is 0 Å². The van der Waals surface area contributed by atoms with Gasteiger partial charge in [0.05, 0.1) is 13.2 Å². The maximum Gasteiger partial charge on any atom is 0.167 e. The van der Waals surface area contributed by atoms with E-state index in [2.05, 4.69) is 32.0 Å². The molecule has 0 spiro atoms. The number of carbonyl (C=O) groups excluding carboxylic acids is 1. The molecule has 0 unspecified atom stereocenters. The van der Waals surface area contributed by atoms with E-state index < -0.39 is 0 Å². The molecular formula is C18H18O2. The van der Waals surface area contributed by atoms with Gasteiger partial charge in [-0.15, -0.1) is 0 Å². The molecule has 0 saturated carbocycles. The largest absolute Gasteiger partial charge is 0.372 e. The topological polar surface area (TPSA) is 26.3 Å². The number of carbonyl (C=O) groups is 1. The van der Waals surface area contributed by atoms with E-state index in [9.17, 15) is 4.79 Å². The fourth-order valence-corrected chi connectivity index (χ4v) is 2.61. The minimum atomic E-state index is 0.174. The molecule has 2 aromatic rings. The van der Waals surface area contributed by atoms with Crippen molar-refractivity contribution in [2.75, 3.05) is 0 Å². The van der Waals surface area contributed by atoms with Gasteiger partial charge in [0.2, 0.25) is 0 Å². The SMILES string of the molecule is Cc1ccc(C)c(CC(=O)c2ccc3c(c2)COC3)c1. The van der Waals surface area contributed by atoms with Crippen LogP contribution in [0.25, 0.3) is 0 Å². The van der Waals surface area contributed by atoms with E-state index in [0.29, 0.717) is 19.6 Å². The van der Waals surface area contributed by atoms with Crippen molar-refractivity contribution in [2.45, 2.75) is 33.5 Å². The molecule has 0 bridgehead atoms. The molecule has 0 radical (unpaired) electrons. The first-order chi connectivity index (χ1) is 9.63. The van der Waals surface area contributed by atoms with E-state index in [0.717, 1.165) is 16.7 Å². The van der Waals surface area contributed by atoms with Crippen LogP contribution in [-0.4, -0.2) is 5.78 Å².